The van der Waals surface area contributed by atoms with Crippen molar-refractivity contribution in [2.75, 3.05) is 6.54 Å². The fourth-order valence-electron chi connectivity index (χ4n) is 4.30. The lowest BCUT2D eigenvalue weighted by atomic mass is 10.00. The molecule has 0 N–H and O–H groups in total. The number of likely N-dealkylation sites (tertiary alicyclic amines) is 1. The van der Waals surface area contributed by atoms with E-state index >= 15 is 0 Å². The van der Waals surface area contributed by atoms with Crippen LogP contribution in [0, 0.1) is 0 Å². The first-order valence-corrected chi connectivity index (χ1v) is 10.0. The molecule has 0 radical (unpaired) electrons. The first kappa shape index (κ1) is 15.3. The predicted molar refractivity (Wildman–Crippen MR) is 97.2 cm³/mol. The first-order chi connectivity index (χ1) is 12.3. The molecule has 0 spiro atoms. The molecule has 0 saturated carbocycles. The van der Waals surface area contributed by atoms with E-state index in [-0.39, 0.29) is 5.91 Å². The molecule has 7 heteroatoms. The zero-order chi connectivity index (χ0) is 17.0. The zero-order valence-corrected chi connectivity index (χ0v) is 15.2. The minimum Gasteiger partial charge on any atom is -0.333 e. The minimum atomic E-state index is -0.0322. The van der Waals surface area contributed by atoms with E-state index in [9.17, 15) is 4.79 Å². The number of piperidine rings is 1. The van der Waals surface area contributed by atoms with Crippen LogP contribution >= 0.6 is 11.3 Å². The highest BCUT2D eigenvalue weighted by atomic mass is 32.1. The van der Waals surface area contributed by atoms with Gasteiger partial charge in [-0.25, -0.2) is 14.5 Å². The summed E-state index contributed by atoms with van der Waals surface area (Å²) in [6.07, 6.45) is 9.45. The molecule has 3 aromatic rings. The monoisotopic (exact) mass is 355 g/mol. The maximum atomic E-state index is 13.0. The molecule has 4 heterocycles. The number of hydrogen-bond acceptors (Lipinski definition) is 5. The number of carbonyl (C=O) groups is 1. The molecule has 0 aromatic carbocycles. The highest BCUT2D eigenvalue weighted by molar-refractivity contribution is 7.19. The maximum Gasteiger partial charge on any atom is 0.293 e. The van der Waals surface area contributed by atoms with Gasteiger partial charge in [0, 0.05) is 17.5 Å². The molecular weight excluding hydrogens is 334 g/mol. The normalized spacial score (nSPS) is 20.5. The fraction of sp³-hybridized carbons (Fsp3) is 0.556. The van der Waals surface area contributed by atoms with Gasteiger partial charge in [-0.05, 0) is 50.5 Å². The van der Waals surface area contributed by atoms with Crippen molar-refractivity contribution in [1.82, 2.24) is 24.5 Å². The van der Waals surface area contributed by atoms with Gasteiger partial charge in [0.1, 0.15) is 11.2 Å². The van der Waals surface area contributed by atoms with Crippen molar-refractivity contribution in [2.24, 2.45) is 0 Å². The molecular formula is C18H21N5OS. The van der Waals surface area contributed by atoms with E-state index < -0.39 is 0 Å². The van der Waals surface area contributed by atoms with E-state index in [1.54, 1.807) is 22.2 Å². The molecule has 1 fully saturated rings. The molecule has 25 heavy (non-hydrogen) atoms. The quantitative estimate of drug-likeness (QED) is 0.708. The Morgan fingerprint density at radius 2 is 2.24 bits per heavy atom. The molecule has 1 amide bonds. The molecule has 6 nitrogen and oxygen atoms in total. The third kappa shape index (κ3) is 2.28. The van der Waals surface area contributed by atoms with Crippen molar-refractivity contribution < 1.29 is 4.79 Å². The van der Waals surface area contributed by atoms with Crippen LogP contribution in [0.25, 0.3) is 15.9 Å². The highest BCUT2D eigenvalue weighted by Gasteiger charge is 2.29. The summed E-state index contributed by atoms with van der Waals surface area (Å²) < 4.78 is 1.69. The number of thiophene rings is 1. The Kier molecular flexibility index (Phi) is 3.51. The van der Waals surface area contributed by atoms with Gasteiger partial charge in [-0.1, -0.05) is 6.92 Å². The highest BCUT2D eigenvalue weighted by Crippen LogP contribution is 2.37. The van der Waals surface area contributed by atoms with E-state index in [4.69, 9.17) is 0 Å². The molecule has 0 unspecified atom stereocenters. The van der Waals surface area contributed by atoms with Crippen molar-refractivity contribution in [1.29, 1.82) is 0 Å². The Hall–Kier alpha value is -2.02. The summed E-state index contributed by atoms with van der Waals surface area (Å²) in [5.41, 5.74) is 2.16. The van der Waals surface area contributed by atoms with Crippen LogP contribution in [0.4, 0.5) is 0 Å². The van der Waals surface area contributed by atoms with Crippen molar-refractivity contribution in [3.8, 4) is 0 Å². The van der Waals surface area contributed by atoms with Gasteiger partial charge in [0.15, 0.2) is 5.65 Å². The SMILES string of the molecule is CC[C@@H]1CCCCN1C(=O)c1nc2c3c4c(sc3ncn2n1)CCC4. The van der Waals surface area contributed by atoms with Gasteiger partial charge in [0.25, 0.3) is 5.91 Å². The summed E-state index contributed by atoms with van der Waals surface area (Å²) in [7, 11) is 0. The number of nitrogens with zero attached hydrogens (tertiary/aromatic N) is 5. The number of rotatable bonds is 2. The zero-order valence-electron chi connectivity index (χ0n) is 14.4. The van der Waals surface area contributed by atoms with Crippen LogP contribution < -0.4 is 0 Å². The summed E-state index contributed by atoms with van der Waals surface area (Å²) in [5.74, 6) is 0.280. The molecule has 0 bridgehead atoms. The number of fused-ring (bicyclic) bond motifs is 5. The van der Waals surface area contributed by atoms with Crippen molar-refractivity contribution >= 4 is 33.1 Å². The molecule has 1 saturated heterocycles. The lowest BCUT2D eigenvalue weighted by Crippen LogP contribution is -2.43. The molecule has 3 aromatic heterocycles. The van der Waals surface area contributed by atoms with Crippen LogP contribution in [-0.2, 0) is 12.8 Å². The minimum absolute atomic E-state index is 0.0322. The number of carbonyl (C=O) groups excluding carboxylic acids is 1. The van der Waals surface area contributed by atoms with Gasteiger partial charge < -0.3 is 4.90 Å². The second-order valence-corrected chi connectivity index (χ2v) is 8.13. The first-order valence-electron chi connectivity index (χ1n) is 9.23. The molecule has 1 aliphatic carbocycles. The predicted octanol–water partition coefficient (Wildman–Crippen LogP) is 3.23. The Morgan fingerprint density at radius 3 is 3.12 bits per heavy atom. The molecule has 130 valence electrons. The van der Waals surface area contributed by atoms with Crippen LogP contribution in [-0.4, -0.2) is 43.0 Å². The topological polar surface area (TPSA) is 63.4 Å². The third-order valence-electron chi connectivity index (χ3n) is 5.59. The van der Waals surface area contributed by atoms with Gasteiger partial charge in [0.2, 0.25) is 5.82 Å². The van der Waals surface area contributed by atoms with Crippen LogP contribution in [0.15, 0.2) is 6.33 Å². The van der Waals surface area contributed by atoms with E-state index in [1.165, 1.54) is 23.3 Å². The Labute approximate surface area is 149 Å². The summed E-state index contributed by atoms with van der Waals surface area (Å²) in [5, 5.41) is 5.58. The van der Waals surface area contributed by atoms with Crippen molar-refractivity contribution in [2.45, 2.75) is 57.9 Å². The Bertz CT molecular complexity index is 975. The molecule has 1 aliphatic heterocycles. The van der Waals surface area contributed by atoms with Crippen LogP contribution in [0.1, 0.15) is 60.1 Å². The summed E-state index contributed by atoms with van der Waals surface area (Å²) >= 11 is 1.76. The number of aryl methyl sites for hydroxylation is 2. The van der Waals surface area contributed by atoms with Gasteiger partial charge in [-0.3, -0.25) is 4.79 Å². The summed E-state index contributed by atoms with van der Waals surface area (Å²) in [4.78, 5) is 26.6. The number of amides is 1. The average molecular weight is 355 g/mol. The lowest BCUT2D eigenvalue weighted by Gasteiger charge is -2.34. The average Bonchev–Trinajstić information content (AvgIpc) is 3.33. The number of aromatic nitrogens is 4. The standard InChI is InChI=1S/C18H21N5OS/c1-2-11-6-3-4-9-22(11)18(24)15-20-16-14-12-7-5-8-13(12)25-17(14)19-10-23(16)21-15/h10-11H,2-9H2,1H3/t11-/m1/s1. The van der Waals surface area contributed by atoms with Crippen LogP contribution in [0.5, 0.6) is 0 Å². The molecule has 5 rings (SSSR count). The third-order valence-corrected chi connectivity index (χ3v) is 6.79. The largest absolute Gasteiger partial charge is 0.333 e. The fourth-order valence-corrected chi connectivity index (χ4v) is 5.53. The van der Waals surface area contributed by atoms with Gasteiger partial charge in [0.05, 0.1) is 5.39 Å². The Morgan fingerprint density at radius 1 is 1.32 bits per heavy atom. The second-order valence-electron chi connectivity index (χ2n) is 7.04. The second kappa shape index (κ2) is 5.76. The molecule has 2 aliphatic rings. The summed E-state index contributed by atoms with van der Waals surface area (Å²) in [6.45, 7) is 2.96. The van der Waals surface area contributed by atoms with Crippen LogP contribution in [0.3, 0.4) is 0 Å². The van der Waals surface area contributed by atoms with Crippen LogP contribution in [0.2, 0.25) is 0 Å². The van der Waals surface area contributed by atoms with E-state index in [0.717, 1.165) is 54.5 Å². The van der Waals surface area contributed by atoms with Gasteiger partial charge in [-0.15, -0.1) is 16.4 Å². The van der Waals surface area contributed by atoms with E-state index in [2.05, 4.69) is 22.0 Å². The lowest BCUT2D eigenvalue weighted by molar-refractivity contribution is 0.0595. The Balaban J connectivity index is 1.60. The van der Waals surface area contributed by atoms with E-state index in [1.807, 2.05) is 4.90 Å². The maximum absolute atomic E-state index is 13.0. The van der Waals surface area contributed by atoms with Gasteiger partial charge in [-0.2, -0.15) is 0 Å². The van der Waals surface area contributed by atoms with Gasteiger partial charge >= 0.3 is 0 Å². The van der Waals surface area contributed by atoms with Crippen molar-refractivity contribution in [3.05, 3.63) is 22.6 Å². The van der Waals surface area contributed by atoms with E-state index in [0.29, 0.717) is 11.9 Å². The summed E-state index contributed by atoms with van der Waals surface area (Å²) in [6, 6.07) is 0.316. The molecule has 1 atom stereocenters. The smallest absolute Gasteiger partial charge is 0.293 e. The number of hydrogen-bond donors (Lipinski definition) is 0. The van der Waals surface area contributed by atoms with Crippen molar-refractivity contribution in [3.63, 3.8) is 0 Å².